The summed E-state index contributed by atoms with van der Waals surface area (Å²) < 4.78 is 6.26. The summed E-state index contributed by atoms with van der Waals surface area (Å²) in [5.74, 6) is 0.875. The van der Waals surface area contributed by atoms with Gasteiger partial charge in [-0.25, -0.2) is 0 Å². The van der Waals surface area contributed by atoms with E-state index in [0.29, 0.717) is 0 Å². The van der Waals surface area contributed by atoms with E-state index in [0.717, 1.165) is 28.6 Å². The SMILES string of the molecule is COc1cc(Br)ccc1CC[C@@H](C)O. The summed E-state index contributed by atoms with van der Waals surface area (Å²) in [5, 5.41) is 9.18. The van der Waals surface area contributed by atoms with Crippen LogP contribution >= 0.6 is 15.9 Å². The Labute approximate surface area is 93.0 Å². The van der Waals surface area contributed by atoms with E-state index in [-0.39, 0.29) is 6.10 Å². The third-order valence-corrected chi connectivity index (χ3v) is 2.57. The predicted octanol–water partition coefficient (Wildman–Crippen LogP) is 2.77. The molecule has 2 nitrogen and oxygen atoms in total. The van der Waals surface area contributed by atoms with Gasteiger partial charge in [0.2, 0.25) is 0 Å². The Kier molecular flexibility index (Phi) is 4.42. The van der Waals surface area contributed by atoms with Crippen LogP contribution in [0.4, 0.5) is 0 Å². The molecule has 78 valence electrons. The highest BCUT2D eigenvalue weighted by atomic mass is 79.9. The molecule has 0 bridgehead atoms. The van der Waals surface area contributed by atoms with Gasteiger partial charge in [-0.3, -0.25) is 0 Å². The lowest BCUT2D eigenvalue weighted by Crippen LogP contribution is -2.02. The van der Waals surface area contributed by atoms with Gasteiger partial charge in [-0.2, -0.15) is 0 Å². The minimum Gasteiger partial charge on any atom is -0.496 e. The molecule has 14 heavy (non-hydrogen) atoms. The maximum absolute atomic E-state index is 9.18. The van der Waals surface area contributed by atoms with Gasteiger partial charge in [0, 0.05) is 4.47 Å². The van der Waals surface area contributed by atoms with Crippen LogP contribution in [0.5, 0.6) is 5.75 Å². The molecule has 0 aliphatic carbocycles. The first-order valence-corrected chi connectivity index (χ1v) is 5.43. The number of aryl methyl sites for hydroxylation is 1. The van der Waals surface area contributed by atoms with Crippen molar-refractivity contribution in [2.24, 2.45) is 0 Å². The molecule has 0 radical (unpaired) electrons. The summed E-state index contributed by atoms with van der Waals surface area (Å²) in [6.45, 7) is 1.80. The summed E-state index contributed by atoms with van der Waals surface area (Å²) in [7, 11) is 1.66. The van der Waals surface area contributed by atoms with Crippen molar-refractivity contribution in [2.45, 2.75) is 25.9 Å². The molecule has 0 spiro atoms. The van der Waals surface area contributed by atoms with Gasteiger partial charge in [0.15, 0.2) is 0 Å². The maximum atomic E-state index is 9.18. The number of aliphatic hydroxyl groups excluding tert-OH is 1. The maximum Gasteiger partial charge on any atom is 0.123 e. The summed E-state index contributed by atoms with van der Waals surface area (Å²) >= 11 is 3.39. The normalized spacial score (nSPS) is 12.6. The van der Waals surface area contributed by atoms with Gasteiger partial charge in [-0.15, -0.1) is 0 Å². The van der Waals surface area contributed by atoms with Crippen molar-refractivity contribution in [2.75, 3.05) is 7.11 Å². The quantitative estimate of drug-likeness (QED) is 0.900. The van der Waals surface area contributed by atoms with Crippen LogP contribution < -0.4 is 4.74 Å². The molecular weight excluding hydrogens is 244 g/mol. The molecule has 0 saturated carbocycles. The van der Waals surface area contributed by atoms with E-state index < -0.39 is 0 Å². The number of hydrogen-bond donors (Lipinski definition) is 1. The minimum absolute atomic E-state index is 0.261. The highest BCUT2D eigenvalue weighted by Gasteiger charge is 2.04. The lowest BCUT2D eigenvalue weighted by molar-refractivity contribution is 0.184. The molecule has 0 aliphatic heterocycles. The topological polar surface area (TPSA) is 29.5 Å². The van der Waals surface area contributed by atoms with Gasteiger partial charge < -0.3 is 9.84 Å². The van der Waals surface area contributed by atoms with Gasteiger partial charge in [-0.1, -0.05) is 22.0 Å². The Balaban J connectivity index is 2.75. The van der Waals surface area contributed by atoms with E-state index in [1.807, 2.05) is 18.2 Å². The average Bonchev–Trinajstić information content (AvgIpc) is 2.15. The number of benzene rings is 1. The zero-order valence-corrected chi connectivity index (χ0v) is 10.0. The van der Waals surface area contributed by atoms with Gasteiger partial charge in [-0.05, 0) is 37.5 Å². The molecule has 0 unspecified atom stereocenters. The number of halogens is 1. The minimum atomic E-state index is -0.261. The Morgan fingerprint density at radius 3 is 2.79 bits per heavy atom. The zero-order valence-electron chi connectivity index (χ0n) is 8.46. The lowest BCUT2D eigenvalue weighted by atomic mass is 10.1. The third-order valence-electron chi connectivity index (χ3n) is 2.08. The number of ether oxygens (including phenoxy) is 1. The van der Waals surface area contributed by atoms with Gasteiger partial charge in [0.25, 0.3) is 0 Å². The summed E-state index contributed by atoms with van der Waals surface area (Å²) in [4.78, 5) is 0. The van der Waals surface area contributed by atoms with E-state index >= 15 is 0 Å². The first-order chi connectivity index (χ1) is 6.63. The van der Waals surface area contributed by atoms with Crippen molar-refractivity contribution >= 4 is 15.9 Å². The van der Waals surface area contributed by atoms with E-state index in [9.17, 15) is 5.11 Å². The molecule has 0 aliphatic rings. The van der Waals surface area contributed by atoms with Crippen LogP contribution in [-0.2, 0) is 6.42 Å². The van der Waals surface area contributed by atoms with Crippen molar-refractivity contribution in [3.05, 3.63) is 28.2 Å². The van der Waals surface area contributed by atoms with Crippen LogP contribution in [0.15, 0.2) is 22.7 Å². The largest absolute Gasteiger partial charge is 0.496 e. The Hall–Kier alpha value is -0.540. The van der Waals surface area contributed by atoms with Crippen LogP contribution in [0.2, 0.25) is 0 Å². The Morgan fingerprint density at radius 2 is 2.21 bits per heavy atom. The first kappa shape index (κ1) is 11.5. The van der Waals surface area contributed by atoms with Crippen molar-refractivity contribution in [1.82, 2.24) is 0 Å². The Morgan fingerprint density at radius 1 is 1.50 bits per heavy atom. The summed E-state index contributed by atoms with van der Waals surface area (Å²) in [6.07, 6.45) is 1.34. The van der Waals surface area contributed by atoms with Crippen molar-refractivity contribution in [1.29, 1.82) is 0 Å². The fourth-order valence-corrected chi connectivity index (χ4v) is 1.63. The first-order valence-electron chi connectivity index (χ1n) is 4.64. The second-order valence-corrected chi connectivity index (χ2v) is 4.26. The van der Waals surface area contributed by atoms with E-state index in [1.165, 1.54) is 0 Å². The van der Waals surface area contributed by atoms with E-state index in [4.69, 9.17) is 4.74 Å². The van der Waals surface area contributed by atoms with Crippen molar-refractivity contribution < 1.29 is 9.84 Å². The Bertz CT molecular complexity index is 297. The second kappa shape index (κ2) is 5.37. The van der Waals surface area contributed by atoms with Gasteiger partial charge >= 0.3 is 0 Å². The molecule has 0 saturated heterocycles. The zero-order chi connectivity index (χ0) is 10.6. The molecule has 0 amide bonds. The number of methoxy groups -OCH3 is 1. The van der Waals surface area contributed by atoms with Crippen LogP contribution in [0.3, 0.4) is 0 Å². The third kappa shape index (κ3) is 3.31. The molecule has 0 aromatic heterocycles. The van der Waals surface area contributed by atoms with E-state index in [1.54, 1.807) is 14.0 Å². The summed E-state index contributed by atoms with van der Waals surface area (Å²) in [6, 6.07) is 5.95. The second-order valence-electron chi connectivity index (χ2n) is 3.34. The monoisotopic (exact) mass is 258 g/mol. The van der Waals surface area contributed by atoms with Crippen LogP contribution in [0.1, 0.15) is 18.9 Å². The summed E-state index contributed by atoms with van der Waals surface area (Å²) in [5.41, 5.74) is 1.14. The molecule has 1 N–H and O–H groups in total. The smallest absolute Gasteiger partial charge is 0.123 e. The molecule has 0 fully saturated rings. The van der Waals surface area contributed by atoms with E-state index in [2.05, 4.69) is 15.9 Å². The number of aliphatic hydroxyl groups is 1. The molecule has 1 aromatic rings. The highest BCUT2D eigenvalue weighted by molar-refractivity contribution is 9.10. The number of rotatable bonds is 4. The fourth-order valence-electron chi connectivity index (χ4n) is 1.29. The average molecular weight is 259 g/mol. The van der Waals surface area contributed by atoms with Crippen molar-refractivity contribution in [3.63, 3.8) is 0 Å². The van der Waals surface area contributed by atoms with Gasteiger partial charge in [0.05, 0.1) is 13.2 Å². The highest BCUT2D eigenvalue weighted by Crippen LogP contribution is 2.24. The van der Waals surface area contributed by atoms with Crippen molar-refractivity contribution in [3.8, 4) is 5.75 Å². The molecule has 0 heterocycles. The number of hydrogen-bond acceptors (Lipinski definition) is 2. The van der Waals surface area contributed by atoms with Gasteiger partial charge in [0.1, 0.15) is 5.75 Å². The lowest BCUT2D eigenvalue weighted by Gasteiger charge is -2.09. The molecule has 3 heteroatoms. The standard InChI is InChI=1S/C11H15BrO2/c1-8(13)3-4-9-5-6-10(12)7-11(9)14-2/h5-8,13H,3-4H2,1-2H3/t8-/m1/s1. The molecule has 1 rings (SSSR count). The molecular formula is C11H15BrO2. The molecule has 1 aromatic carbocycles. The van der Waals surface area contributed by atoms with Crippen LogP contribution in [0.25, 0.3) is 0 Å². The fraction of sp³-hybridized carbons (Fsp3) is 0.455. The predicted molar refractivity (Wildman–Crippen MR) is 60.7 cm³/mol. The van der Waals surface area contributed by atoms with Crippen LogP contribution in [0, 0.1) is 0 Å². The molecule has 1 atom stereocenters. The van der Waals surface area contributed by atoms with Crippen LogP contribution in [-0.4, -0.2) is 18.3 Å².